The second kappa shape index (κ2) is 4.73. The van der Waals surface area contributed by atoms with Crippen molar-refractivity contribution < 1.29 is 9.90 Å². The van der Waals surface area contributed by atoms with Gasteiger partial charge in [-0.05, 0) is 29.5 Å². The highest BCUT2D eigenvalue weighted by Crippen LogP contribution is 2.27. The third-order valence-electron chi connectivity index (χ3n) is 3.95. The van der Waals surface area contributed by atoms with Crippen LogP contribution in [0.3, 0.4) is 0 Å². The number of amides is 1. The van der Waals surface area contributed by atoms with Gasteiger partial charge in [-0.25, -0.2) is 0 Å². The molecule has 98 valence electrons. The van der Waals surface area contributed by atoms with Gasteiger partial charge in [0.25, 0.3) is 5.91 Å². The average molecular weight is 247 g/mol. The van der Waals surface area contributed by atoms with E-state index in [0.717, 1.165) is 6.42 Å². The summed E-state index contributed by atoms with van der Waals surface area (Å²) >= 11 is 0. The highest BCUT2D eigenvalue weighted by molar-refractivity contribution is 5.94. The first kappa shape index (κ1) is 13.1. The van der Waals surface area contributed by atoms with Crippen molar-refractivity contribution in [1.82, 2.24) is 4.90 Å². The molecule has 0 radical (unpaired) electrons. The molecule has 0 unspecified atom stereocenters. The number of benzene rings is 1. The lowest BCUT2D eigenvalue weighted by Crippen LogP contribution is -2.53. The van der Waals surface area contributed by atoms with Crippen LogP contribution in [0.5, 0.6) is 0 Å². The van der Waals surface area contributed by atoms with Gasteiger partial charge in [-0.3, -0.25) is 4.79 Å². The number of hydrogen-bond acceptors (Lipinski definition) is 2. The lowest BCUT2D eigenvalue weighted by Gasteiger charge is -2.36. The predicted molar refractivity (Wildman–Crippen MR) is 71.7 cm³/mol. The Bertz CT molecular complexity index is 430. The van der Waals surface area contributed by atoms with Gasteiger partial charge in [0.1, 0.15) is 0 Å². The summed E-state index contributed by atoms with van der Waals surface area (Å²) in [6.45, 7) is 7.49. The molecule has 1 aromatic rings. The topological polar surface area (TPSA) is 40.5 Å². The van der Waals surface area contributed by atoms with Crippen molar-refractivity contribution in [2.75, 3.05) is 13.1 Å². The standard InChI is InChI=1S/C15H21NO2/c1-4-15(2,3)12-7-5-11(6-8-12)14(18)16-9-13(17)10-16/h5-8,13,17H,4,9-10H2,1-3H3. The molecule has 0 saturated carbocycles. The number of aliphatic hydroxyl groups is 1. The second-order valence-electron chi connectivity index (χ2n) is 5.68. The first-order valence-corrected chi connectivity index (χ1v) is 6.52. The highest BCUT2D eigenvalue weighted by Gasteiger charge is 2.29. The number of carbonyl (C=O) groups excluding carboxylic acids is 1. The van der Waals surface area contributed by atoms with Crippen molar-refractivity contribution in [3.8, 4) is 0 Å². The molecule has 1 fully saturated rings. The third kappa shape index (κ3) is 2.41. The number of likely N-dealkylation sites (tertiary alicyclic amines) is 1. The van der Waals surface area contributed by atoms with Crippen LogP contribution in [0.15, 0.2) is 24.3 Å². The third-order valence-corrected chi connectivity index (χ3v) is 3.95. The zero-order valence-corrected chi connectivity index (χ0v) is 11.3. The average Bonchev–Trinajstić information content (AvgIpc) is 2.34. The summed E-state index contributed by atoms with van der Waals surface area (Å²) in [5, 5.41) is 9.20. The van der Waals surface area contributed by atoms with Gasteiger partial charge in [0.2, 0.25) is 0 Å². The number of nitrogens with zero attached hydrogens (tertiary/aromatic N) is 1. The Morgan fingerprint density at radius 2 is 1.89 bits per heavy atom. The molecule has 0 bridgehead atoms. The van der Waals surface area contributed by atoms with E-state index in [4.69, 9.17) is 0 Å². The van der Waals surface area contributed by atoms with E-state index in [1.165, 1.54) is 5.56 Å². The maximum Gasteiger partial charge on any atom is 0.254 e. The molecule has 18 heavy (non-hydrogen) atoms. The molecule has 0 spiro atoms. The van der Waals surface area contributed by atoms with Crippen molar-refractivity contribution in [3.05, 3.63) is 35.4 Å². The zero-order chi connectivity index (χ0) is 13.3. The van der Waals surface area contributed by atoms with Gasteiger partial charge in [0.05, 0.1) is 6.10 Å². The van der Waals surface area contributed by atoms with E-state index in [2.05, 4.69) is 20.8 Å². The Balaban J connectivity index is 2.10. The van der Waals surface area contributed by atoms with Crippen LogP contribution in [0.4, 0.5) is 0 Å². The Hall–Kier alpha value is -1.35. The van der Waals surface area contributed by atoms with E-state index in [9.17, 15) is 9.90 Å². The van der Waals surface area contributed by atoms with Crippen molar-refractivity contribution in [2.45, 2.75) is 38.7 Å². The molecule has 1 heterocycles. The van der Waals surface area contributed by atoms with Crippen LogP contribution in [-0.2, 0) is 5.41 Å². The minimum atomic E-state index is -0.341. The zero-order valence-electron chi connectivity index (χ0n) is 11.3. The molecule has 1 aliphatic heterocycles. The van der Waals surface area contributed by atoms with Gasteiger partial charge in [-0.15, -0.1) is 0 Å². The summed E-state index contributed by atoms with van der Waals surface area (Å²) in [5.74, 6) is 0.0150. The molecule has 2 rings (SSSR count). The second-order valence-corrected chi connectivity index (χ2v) is 5.68. The minimum Gasteiger partial charge on any atom is -0.389 e. The molecule has 1 aliphatic rings. The fourth-order valence-corrected chi connectivity index (χ4v) is 2.07. The molecule has 1 saturated heterocycles. The molecule has 3 heteroatoms. The van der Waals surface area contributed by atoms with Crippen molar-refractivity contribution in [3.63, 3.8) is 0 Å². The number of carbonyl (C=O) groups is 1. The SMILES string of the molecule is CCC(C)(C)c1ccc(C(=O)N2CC(O)C2)cc1. The molecule has 3 nitrogen and oxygen atoms in total. The molecule has 0 aliphatic carbocycles. The van der Waals surface area contributed by atoms with Gasteiger partial charge in [-0.1, -0.05) is 32.9 Å². The minimum absolute atomic E-state index is 0.0150. The highest BCUT2D eigenvalue weighted by atomic mass is 16.3. The van der Waals surface area contributed by atoms with E-state index >= 15 is 0 Å². The van der Waals surface area contributed by atoms with Crippen molar-refractivity contribution >= 4 is 5.91 Å². The van der Waals surface area contributed by atoms with Crippen LogP contribution in [0.1, 0.15) is 43.1 Å². The van der Waals surface area contributed by atoms with Gasteiger partial charge in [0.15, 0.2) is 0 Å². The van der Waals surface area contributed by atoms with Crippen LogP contribution in [0, 0.1) is 0 Å². The van der Waals surface area contributed by atoms with Crippen LogP contribution in [0.2, 0.25) is 0 Å². The van der Waals surface area contributed by atoms with Crippen LogP contribution >= 0.6 is 0 Å². The van der Waals surface area contributed by atoms with Gasteiger partial charge in [0, 0.05) is 18.7 Å². The van der Waals surface area contributed by atoms with Gasteiger partial charge < -0.3 is 10.0 Å². The summed E-state index contributed by atoms with van der Waals surface area (Å²) in [6, 6.07) is 7.85. The quantitative estimate of drug-likeness (QED) is 0.889. The summed E-state index contributed by atoms with van der Waals surface area (Å²) in [6.07, 6.45) is 0.728. The summed E-state index contributed by atoms with van der Waals surface area (Å²) in [7, 11) is 0. The van der Waals surface area contributed by atoms with Gasteiger partial charge >= 0.3 is 0 Å². The Morgan fingerprint density at radius 1 is 1.33 bits per heavy atom. The summed E-state index contributed by atoms with van der Waals surface area (Å²) in [4.78, 5) is 13.7. The van der Waals surface area contributed by atoms with Crippen molar-refractivity contribution in [2.24, 2.45) is 0 Å². The van der Waals surface area contributed by atoms with Gasteiger partial charge in [-0.2, -0.15) is 0 Å². The Labute approximate surface area is 108 Å². The molecule has 1 N–H and O–H groups in total. The molecule has 0 atom stereocenters. The molecule has 0 aromatic heterocycles. The van der Waals surface area contributed by atoms with E-state index in [1.807, 2.05) is 24.3 Å². The lowest BCUT2D eigenvalue weighted by molar-refractivity contribution is 0.00589. The van der Waals surface area contributed by atoms with E-state index in [-0.39, 0.29) is 17.4 Å². The number of hydrogen-bond donors (Lipinski definition) is 1. The van der Waals surface area contributed by atoms with E-state index < -0.39 is 0 Å². The van der Waals surface area contributed by atoms with Crippen molar-refractivity contribution in [1.29, 1.82) is 0 Å². The molecule has 1 aromatic carbocycles. The smallest absolute Gasteiger partial charge is 0.254 e. The first-order chi connectivity index (χ1) is 8.44. The maximum atomic E-state index is 12.0. The number of β-amino-alcohol motifs (C(OH)–C–C–N with tert-alkyl or cyclic N) is 1. The lowest BCUT2D eigenvalue weighted by atomic mass is 9.82. The van der Waals surface area contributed by atoms with E-state index in [1.54, 1.807) is 4.90 Å². The normalized spacial score (nSPS) is 16.6. The molecular weight excluding hydrogens is 226 g/mol. The molecular formula is C15H21NO2. The largest absolute Gasteiger partial charge is 0.389 e. The van der Waals surface area contributed by atoms with Crippen LogP contribution in [-0.4, -0.2) is 35.1 Å². The fourth-order valence-electron chi connectivity index (χ4n) is 2.07. The van der Waals surface area contributed by atoms with E-state index in [0.29, 0.717) is 18.7 Å². The number of rotatable bonds is 3. The summed E-state index contributed by atoms with van der Waals surface area (Å²) in [5.41, 5.74) is 2.11. The first-order valence-electron chi connectivity index (χ1n) is 6.52. The summed E-state index contributed by atoms with van der Waals surface area (Å²) < 4.78 is 0. The Morgan fingerprint density at radius 3 is 2.33 bits per heavy atom. The fraction of sp³-hybridized carbons (Fsp3) is 0.533. The maximum absolute atomic E-state index is 12.0. The van der Waals surface area contributed by atoms with Crippen LogP contribution < -0.4 is 0 Å². The predicted octanol–water partition coefficient (Wildman–Crippen LogP) is 2.19. The Kier molecular flexibility index (Phi) is 3.44. The van der Waals surface area contributed by atoms with Crippen LogP contribution in [0.25, 0.3) is 0 Å². The monoisotopic (exact) mass is 247 g/mol. The number of aliphatic hydroxyl groups excluding tert-OH is 1. The molecule has 1 amide bonds.